The van der Waals surface area contributed by atoms with Crippen molar-refractivity contribution in [2.24, 2.45) is 4.99 Å². The maximum absolute atomic E-state index is 4.39. The zero-order valence-electron chi connectivity index (χ0n) is 15.2. The number of aromatic nitrogens is 1. The Bertz CT molecular complexity index is 724. The summed E-state index contributed by atoms with van der Waals surface area (Å²) in [5, 5.41) is 7.96. The Morgan fingerprint density at radius 1 is 1.32 bits per heavy atom. The molecule has 1 aliphatic rings. The van der Waals surface area contributed by atoms with Crippen LogP contribution in [0, 0.1) is 6.92 Å². The summed E-state index contributed by atoms with van der Waals surface area (Å²) < 4.78 is 0. The van der Waals surface area contributed by atoms with Crippen LogP contribution in [0.5, 0.6) is 0 Å². The zero-order valence-corrected chi connectivity index (χ0v) is 16.1. The smallest absolute Gasteiger partial charge is 0.191 e. The largest absolute Gasteiger partial charge is 0.367 e. The van der Waals surface area contributed by atoms with Crippen molar-refractivity contribution < 1.29 is 0 Å². The Balaban J connectivity index is 1.43. The van der Waals surface area contributed by atoms with Crippen LogP contribution in [0.4, 0.5) is 5.69 Å². The van der Waals surface area contributed by atoms with Gasteiger partial charge in [-0.15, -0.1) is 11.3 Å². The number of nitrogens with zero attached hydrogens (tertiary/aromatic N) is 3. The molecule has 0 saturated carbocycles. The molecule has 0 aliphatic carbocycles. The van der Waals surface area contributed by atoms with Crippen LogP contribution >= 0.6 is 11.3 Å². The molecule has 0 bridgehead atoms. The van der Waals surface area contributed by atoms with Gasteiger partial charge in [0.2, 0.25) is 0 Å². The zero-order chi connectivity index (χ0) is 17.6. The van der Waals surface area contributed by atoms with Crippen molar-refractivity contribution in [2.45, 2.75) is 32.7 Å². The molecule has 25 heavy (non-hydrogen) atoms. The third-order valence-corrected chi connectivity index (χ3v) is 5.49. The molecule has 2 heterocycles. The lowest BCUT2D eigenvalue weighted by molar-refractivity contribution is 0.656. The SMILES string of the molecule is CN=C(NCCc1ncc(C)s1)NCCN1c2ccccc2CC1C. The summed E-state index contributed by atoms with van der Waals surface area (Å²) in [5.41, 5.74) is 2.83. The number of rotatable bonds is 6. The van der Waals surface area contributed by atoms with E-state index in [1.54, 1.807) is 11.3 Å². The lowest BCUT2D eigenvalue weighted by Gasteiger charge is -2.25. The van der Waals surface area contributed by atoms with E-state index in [0.717, 1.165) is 38.4 Å². The van der Waals surface area contributed by atoms with Crippen LogP contribution in [0.1, 0.15) is 22.4 Å². The molecule has 1 unspecified atom stereocenters. The highest BCUT2D eigenvalue weighted by Gasteiger charge is 2.24. The second-order valence-electron chi connectivity index (χ2n) is 6.42. The van der Waals surface area contributed by atoms with Crippen molar-refractivity contribution >= 4 is 23.0 Å². The van der Waals surface area contributed by atoms with E-state index >= 15 is 0 Å². The Morgan fingerprint density at radius 2 is 2.12 bits per heavy atom. The van der Waals surface area contributed by atoms with Gasteiger partial charge in [0.25, 0.3) is 0 Å². The molecule has 0 spiro atoms. The van der Waals surface area contributed by atoms with Crippen LogP contribution in [-0.2, 0) is 12.8 Å². The number of hydrogen-bond donors (Lipinski definition) is 2. The van der Waals surface area contributed by atoms with Gasteiger partial charge in [0.1, 0.15) is 0 Å². The second-order valence-corrected chi connectivity index (χ2v) is 7.73. The van der Waals surface area contributed by atoms with Crippen molar-refractivity contribution in [1.29, 1.82) is 0 Å². The van der Waals surface area contributed by atoms with Crippen molar-refractivity contribution in [3.63, 3.8) is 0 Å². The Kier molecular flexibility index (Phi) is 5.91. The fourth-order valence-electron chi connectivity index (χ4n) is 3.29. The standard InChI is InChI=1S/C19H27N5S/c1-14-12-16-6-4-5-7-17(16)24(14)11-10-22-19(20-3)21-9-8-18-23-13-15(2)25-18/h4-7,13-14H,8-12H2,1-3H3,(H2,20,21,22). The van der Waals surface area contributed by atoms with Crippen molar-refractivity contribution in [1.82, 2.24) is 15.6 Å². The van der Waals surface area contributed by atoms with Crippen molar-refractivity contribution in [2.75, 3.05) is 31.6 Å². The molecular formula is C19H27N5S. The molecule has 1 atom stereocenters. The Morgan fingerprint density at radius 3 is 2.88 bits per heavy atom. The lowest BCUT2D eigenvalue weighted by Crippen LogP contribution is -2.43. The first kappa shape index (κ1) is 17.7. The van der Waals surface area contributed by atoms with Gasteiger partial charge in [-0.1, -0.05) is 18.2 Å². The fraction of sp³-hybridized carbons (Fsp3) is 0.474. The van der Waals surface area contributed by atoms with Crippen LogP contribution in [0.3, 0.4) is 0 Å². The van der Waals surface area contributed by atoms with Crippen molar-refractivity contribution in [3.05, 3.63) is 45.9 Å². The minimum absolute atomic E-state index is 0.558. The predicted molar refractivity (Wildman–Crippen MR) is 107 cm³/mol. The van der Waals surface area contributed by atoms with E-state index in [1.807, 2.05) is 13.2 Å². The summed E-state index contributed by atoms with van der Waals surface area (Å²) >= 11 is 1.76. The van der Waals surface area contributed by atoms with Gasteiger partial charge >= 0.3 is 0 Å². The normalized spacial score (nSPS) is 16.8. The van der Waals surface area contributed by atoms with E-state index in [1.165, 1.54) is 21.1 Å². The lowest BCUT2D eigenvalue weighted by atomic mass is 10.1. The van der Waals surface area contributed by atoms with Crippen LogP contribution in [0.25, 0.3) is 0 Å². The number of para-hydroxylation sites is 1. The van der Waals surface area contributed by atoms with Crippen LogP contribution in [0.15, 0.2) is 35.5 Å². The fourth-order valence-corrected chi connectivity index (χ4v) is 4.08. The maximum Gasteiger partial charge on any atom is 0.191 e. The van der Waals surface area contributed by atoms with Gasteiger partial charge < -0.3 is 15.5 Å². The molecule has 0 fully saturated rings. The summed E-state index contributed by atoms with van der Waals surface area (Å²) in [6.07, 6.45) is 3.99. The number of hydrogen-bond acceptors (Lipinski definition) is 4. The topological polar surface area (TPSA) is 52.6 Å². The summed E-state index contributed by atoms with van der Waals surface area (Å²) in [6.45, 7) is 7.07. The van der Waals surface area contributed by atoms with E-state index in [0.29, 0.717) is 6.04 Å². The number of guanidine groups is 1. The summed E-state index contributed by atoms with van der Waals surface area (Å²) in [6, 6.07) is 9.27. The molecule has 5 nitrogen and oxygen atoms in total. The van der Waals surface area contributed by atoms with E-state index in [2.05, 4.69) is 63.6 Å². The summed E-state index contributed by atoms with van der Waals surface area (Å²) in [5.74, 6) is 0.855. The monoisotopic (exact) mass is 357 g/mol. The first-order chi connectivity index (χ1) is 12.2. The number of benzene rings is 1. The van der Waals surface area contributed by atoms with Crippen LogP contribution in [-0.4, -0.2) is 43.7 Å². The van der Waals surface area contributed by atoms with Crippen molar-refractivity contribution in [3.8, 4) is 0 Å². The Hall–Kier alpha value is -2.08. The second kappa shape index (κ2) is 8.34. The molecule has 1 aromatic heterocycles. The molecule has 0 radical (unpaired) electrons. The van der Waals surface area contributed by atoms with Gasteiger partial charge in [0, 0.05) is 55.9 Å². The number of anilines is 1. The molecule has 0 amide bonds. The van der Waals surface area contributed by atoms with E-state index in [9.17, 15) is 0 Å². The van der Waals surface area contributed by atoms with Crippen LogP contribution < -0.4 is 15.5 Å². The molecule has 2 aromatic rings. The minimum atomic E-state index is 0.558. The molecule has 1 aliphatic heterocycles. The van der Waals surface area contributed by atoms with E-state index < -0.39 is 0 Å². The summed E-state index contributed by atoms with van der Waals surface area (Å²) in [7, 11) is 1.82. The number of aryl methyl sites for hydroxylation is 1. The van der Waals surface area contributed by atoms with E-state index in [4.69, 9.17) is 0 Å². The molecule has 1 aromatic carbocycles. The van der Waals surface area contributed by atoms with E-state index in [-0.39, 0.29) is 0 Å². The summed E-state index contributed by atoms with van der Waals surface area (Å²) in [4.78, 5) is 12.4. The average molecular weight is 358 g/mol. The molecule has 3 rings (SSSR count). The van der Waals surface area contributed by atoms with Gasteiger partial charge in [-0.05, 0) is 31.9 Å². The molecule has 6 heteroatoms. The first-order valence-electron chi connectivity index (χ1n) is 8.87. The van der Waals surface area contributed by atoms with Gasteiger partial charge in [0.15, 0.2) is 5.96 Å². The third kappa shape index (κ3) is 4.51. The highest BCUT2D eigenvalue weighted by atomic mass is 32.1. The first-order valence-corrected chi connectivity index (χ1v) is 9.69. The minimum Gasteiger partial charge on any atom is -0.367 e. The van der Waals surface area contributed by atoms with Gasteiger partial charge in [0.05, 0.1) is 5.01 Å². The highest BCUT2D eigenvalue weighted by molar-refractivity contribution is 7.11. The number of nitrogens with one attached hydrogen (secondary N) is 2. The Labute approximate surface area is 154 Å². The predicted octanol–water partition coefficient (Wildman–Crippen LogP) is 2.61. The quantitative estimate of drug-likeness (QED) is 0.616. The van der Waals surface area contributed by atoms with Crippen LogP contribution in [0.2, 0.25) is 0 Å². The van der Waals surface area contributed by atoms with Gasteiger partial charge in [-0.3, -0.25) is 4.99 Å². The molecule has 134 valence electrons. The molecule has 2 N–H and O–H groups in total. The molecule has 0 saturated heterocycles. The number of fused-ring (bicyclic) bond motifs is 1. The van der Waals surface area contributed by atoms with Gasteiger partial charge in [-0.25, -0.2) is 4.98 Å². The third-order valence-electron chi connectivity index (χ3n) is 4.52. The average Bonchev–Trinajstić information content (AvgIpc) is 3.16. The molecular weight excluding hydrogens is 330 g/mol. The number of aliphatic imine (C=N–C) groups is 1. The maximum atomic E-state index is 4.39. The number of thiazole rings is 1. The van der Waals surface area contributed by atoms with Gasteiger partial charge in [-0.2, -0.15) is 0 Å². The highest BCUT2D eigenvalue weighted by Crippen LogP contribution is 2.31.